The number of H-pyrrole nitrogens is 1. The van der Waals surface area contributed by atoms with Crippen molar-refractivity contribution in [3.8, 4) is 0 Å². The lowest BCUT2D eigenvalue weighted by atomic mass is 10.2. The minimum absolute atomic E-state index is 0.0298. The zero-order valence-corrected chi connectivity index (χ0v) is 15.9. The van der Waals surface area contributed by atoms with Crippen molar-refractivity contribution in [3.63, 3.8) is 0 Å². The van der Waals surface area contributed by atoms with E-state index in [1.165, 1.54) is 21.5 Å². The summed E-state index contributed by atoms with van der Waals surface area (Å²) in [5.41, 5.74) is 0.0755. The van der Waals surface area contributed by atoms with Crippen LogP contribution in [0.25, 0.3) is 0 Å². The number of hydrogen-bond donors (Lipinski definition) is 2. The van der Waals surface area contributed by atoms with Crippen LogP contribution in [0.5, 0.6) is 0 Å². The van der Waals surface area contributed by atoms with Gasteiger partial charge in [-0.3, -0.25) is 9.59 Å². The number of carbonyl (C=O) groups is 2. The standard InChI is InChI=1S/C15H23N3O5S2/c1-3-11(2)18(10-14(19)20)15(21)13-8-12(9-16-13)25(22,23)17-4-6-24-7-5-17/h8-9,11,16H,3-7,10H2,1-2H3,(H,19,20). The molecule has 1 saturated heterocycles. The maximum absolute atomic E-state index is 12.6. The number of thioether (sulfide) groups is 1. The smallest absolute Gasteiger partial charge is 0.323 e. The van der Waals surface area contributed by atoms with Crippen LogP contribution in [0.15, 0.2) is 17.2 Å². The van der Waals surface area contributed by atoms with Crippen LogP contribution in [-0.2, 0) is 14.8 Å². The first-order valence-electron chi connectivity index (χ1n) is 8.06. The second kappa shape index (κ2) is 8.24. The van der Waals surface area contributed by atoms with Crippen LogP contribution in [0.4, 0.5) is 0 Å². The summed E-state index contributed by atoms with van der Waals surface area (Å²) < 4.78 is 26.7. The number of nitrogens with zero attached hydrogens (tertiary/aromatic N) is 2. The lowest BCUT2D eigenvalue weighted by Crippen LogP contribution is -2.42. The molecule has 140 valence electrons. The van der Waals surface area contributed by atoms with E-state index in [9.17, 15) is 18.0 Å². The van der Waals surface area contributed by atoms with E-state index in [0.717, 1.165) is 11.5 Å². The fraction of sp³-hybridized carbons (Fsp3) is 0.600. The Morgan fingerprint density at radius 2 is 2.04 bits per heavy atom. The molecule has 0 bridgehead atoms. The molecule has 0 spiro atoms. The van der Waals surface area contributed by atoms with Crippen LogP contribution < -0.4 is 0 Å². The second-order valence-corrected chi connectivity index (χ2v) is 9.01. The van der Waals surface area contributed by atoms with Crippen LogP contribution in [0.3, 0.4) is 0 Å². The van der Waals surface area contributed by atoms with Gasteiger partial charge in [-0.05, 0) is 19.4 Å². The van der Waals surface area contributed by atoms with Crippen molar-refractivity contribution in [2.75, 3.05) is 31.1 Å². The molecule has 0 radical (unpaired) electrons. The van der Waals surface area contributed by atoms with Crippen molar-refractivity contribution in [3.05, 3.63) is 18.0 Å². The highest BCUT2D eigenvalue weighted by atomic mass is 32.2. The Labute approximate surface area is 151 Å². The van der Waals surface area contributed by atoms with Gasteiger partial charge in [-0.15, -0.1) is 0 Å². The Balaban J connectivity index is 2.23. The number of aliphatic carboxylic acids is 1. The van der Waals surface area contributed by atoms with Gasteiger partial charge in [0.05, 0.1) is 0 Å². The molecule has 1 aromatic rings. The zero-order chi connectivity index (χ0) is 18.6. The zero-order valence-electron chi connectivity index (χ0n) is 14.3. The normalized spacial score (nSPS) is 17.2. The third kappa shape index (κ3) is 4.56. The highest BCUT2D eigenvalue weighted by Crippen LogP contribution is 2.21. The lowest BCUT2D eigenvalue weighted by molar-refractivity contribution is -0.138. The van der Waals surface area contributed by atoms with E-state index in [1.807, 2.05) is 6.92 Å². The maximum atomic E-state index is 12.6. The van der Waals surface area contributed by atoms with Crippen molar-refractivity contribution < 1.29 is 23.1 Å². The fourth-order valence-corrected chi connectivity index (χ4v) is 5.10. The number of sulfonamides is 1. The van der Waals surface area contributed by atoms with Gasteiger partial charge in [-0.25, -0.2) is 8.42 Å². The predicted octanol–water partition coefficient (Wildman–Crippen LogP) is 1.08. The molecule has 25 heavy (non-hydrogen) atoms. The van der Waals surface area contributed by atoms with E-state index in [4.69, 9.17) is 5.11 Å². The molecule has 1 fully saturated rings. The Morgan fingerprint density at radius 3 is 2.60 bits per heavy atom. The minimum Gasteiger partial charge on any atom is -0.480 e. The Kier molecular flexibility index (Phi) is 6.53. The second-order valence-electron chi connectivity index (χ2n) is 5.85. The van der Waals surface area contributed by atoms with E-state index >= 15 is 0 Å². The van der Waals surface area contributed by atoms with E-state index in [0.29, 0.717) is 19.5 Å². The van der Waals surface area contributed by atoms with Crippen LogP contribution in [0, 0.1) is 0 Å². The number of carbonyl (C=O) groups excluding carboxylic acids is 1. The van der Waals surface area contributed by atoms with Crippen LogP contribution >= 0.6 is 11.8 Å². The number of hydrogen-bond acceptors (Lipinski definition) is 5. The Morgan fingerprint density at radius 1 is 1.40 bits per heavy atom. The summed E-state index contributed by atoms with van der Waals surface area (Å²) in [7, 11) is -3.65. The number of nitrogens with one attached hydrogen (secondary N) is 1. The molecule has 8 nitrogen and oxygen atoms in total. The summed E-state index contributed by atoms with van der Waals surface area (Å²) >= 11 is 1.71. The van der Waals surface area contributed by atoms with Crippen molar-refractivity contribution in [2.24, 2.45) is 0 Å². The first-order chi connectivity index (χ1) is 11.8. The van der Waals surface area contributed by atoms with Crippen molar-refractivity contribution in [2.45, 2.75) is 31.2 Å². The third-order valence-corrected chi connectivity index (χ3v) is 7.00. The third-order valence-electron chi connectivity index (χ3n) is 4.18. The van der Waals surface area contributed by atoms with Gasteiger partial charge in [-0.1, -0.05) is 6.92 Å². The summed E-state index contributed by atoms with van der Waals surface area (Å²) in [6.07, 6.45) is 1.89. The molecule has 2 N–H and O–H groups in total. The summed E-state index contributed by atoms with van der Waals surface area (Å²) in [5, 5.41) is 9.02. The first-order valence-corrected chi connectivity index (χ1v) is 10.7. The van der Waals surface area contributed by atoms with Crippen LogP contribution in [0.1, 0.15) is 30.8 Å². The highest BCUT2D eigenvalue weighted by Gasteiger charge is 2.29. The minimum atomic E-state index is -3.65. The summed E-state index contributed by atoms with van der Waals surface area (Å²) in [6.45, 7) is 4.07. The van der Waals surface area contributed by atoms with E-state index in [2.05, 4.69) is 4.98 Å². The summed E-state index contributed by atoms with van der Waals surface area (Å²) in [6, 6.07) is 1.02. The maximum Gasteiger partial charge on any atom is 0.323 e. The molecule has 1 amide bonds. The largest absolute Gasteiger partial charge is 0.480 e. The number of aromatic nitrogens is 1. The topological polar surface area (TPSA) is 111 Å². The molecule has 0 saturated carbocycles. The van der Waals surface area contributed by atoms with E-state index in [-0.39, 0.29) is 16.6 Å². The van der Waals surface area contributed by atoms with Crippen molar-refractivity contribution in [1.82, 2.24) is 14.2 Å². The Hall–Kier alpha value is -1.52. The lowest BCUT2D eigenvalue weighted by Gasteiger charge is -2.26. The van der Waals surface area contributed by atoms with E-state index < -0.39 is 28.4 Å². The molecule has 1 aliphatic heterocycles. The number of aromatic amines is 1. The average Bonchev–Trinajstić information content (AvgIpc) is 3.10. The summed E-state index contributed by atoms with van der Waals surface area (Å²) in [4.78, 5) is 27.6. The highest BCUT2D eigenvalue weighted by molar-refractivity contribution is 7.99. The Bertz CT molecular complexity index is 725. The van der Waals surface area contributed by atoms with Gasteiger partial charge in [0, 0.05) is 36.8 Å². The first kappa shape index (κ1) is 19.8. The molecule has 1 atom stereocenters. The quantitative estimate of drug-likeness (QED) is 0.722. The molecule has 0 aromatic carbocycles. The van der Waals surface area contributed by atoms with E-state index in [1.54, 1.807) is 18.7 Å². The molecule has 10 heteroatoms. The number of rotatable bonds is 7. The van der Waals surface area contributed by atoms with Gasteiger partial charge in [0.1, 0.15) is 17.1 Å². The van der Waals surface area contributed by atoms with Crippen molar-refractivity contribution >= 4 is 33.7 Å². The van der Waals surface area contributed by atoms with Gasteiger partial charge in [0.2, 0.25) is 10.0 Å². The van der Waals surface area contributed by atoms with Gasteiger partial charge >= 0.3 is 5.97 Å². The summed E-state index contributed by atoms with van der Waals surface area (Å²) in [5.74, 6) is -0.141. The van der Waals surface area contributed by atoms with Gasteiger partial charge in [0.15, 0.2) is 0 Å². The number of carboxylic acids is 1. The van der Waals surface area contributed by atoms with Gasteiger partial charge in [-0.2, -0.15) is 16.1 Å². The predicted molar refractivity (Wildman–Crippen MR) is 95.3 cm³/mol. The molecule has 1 aliphatic rings. The molecule has 1 unspecified atom stereocenters. The molecular weight excluding hydrogens is 366 g/mol. The average molecular weight is 389 g/mol. The monoisotopic (exact) mass is 389 g/mol. The number of carboxylic acid groups (broad SMARTS) is 1. The molecular formula is C15H23N3O5S2. The van der Waals surface area contributed by atoms with Crippen LogP contribution in [-0.4, -0.2) is 76.8 Å². The fourth-order valence-electron chi connectivity index (χ4n) is 2.53. The molecule has 2 rings (SSSR count). The number of amides is 1. The van der Waals surface area contributed by atoms with Gasteiger partial charge < -0.3 is 15.0 Å². The van der Waals surface area contributed by atoms with Crippen molar-refractivity contribution in [1.29, 1.82) is 0 Å². The van der Waals surface area contributed by atoms with Gasteiger partial charge in [0.25, 0.3) is 5.91 Å². The molecule has 0 aliphatic carbocycles. The SMILES string of the molecule is CCC(C)N(CC(=O)O)C(=O)c1cc(S(=O)(=O)N2CCSCC2)c[nH]1. The molecule has 1 aromatic heterocycles. The molecule has 2 heterocycles. The van der Waals surface area contributed by atoms with Crippen LogP contribution in [0.2, 0.25) is 0 Å².